The Kier molecular flexibility index (Phi) is 4.18. The number of carbonyl (C=O) groups excluding carboxylic acids is 2. The molecule has 1 saturated heterocycles. The molecule has 1 aromatic rings. The van der Waals surface area contributed by atoms with Crippen LogP contribution in [0.15, 0.2) is 24.3 Å². The van der Waals surface area contributed by atoms with E-state index in [2.05, 4.69) is 5.32 Å². The van der Waals surface area contributed by atoms with E-state index in [1.54, 1.807) is 38.1 Å². The van der Waals surface area contributed by atoms with E-state index in [9.17, 15) is 9.59 Å². The number of benzene rings is 1. The van der Waals surface area contributed by atoms with Crippen molar-refractivity contribution in [3.05, 3.63) is 24.3 Å². The maximum Gasteiger partial charge on any atom is 0.414 e. The van der Waals surface area contributed by atoms with Gasteiger partial charge in [-0.25, -0.2) is 4.79 Å². The van der Waals surface area contributed by atoms with Gasteiger partial charge in [0, 0.05) is 17.3 Å². The van der Waals surface area contributed by atoms with Crippen molar-refractivity contribution in [2.45, 2.75) is 13.8 Å². The third-order valence-corrected chi connectivity index (χ3v) is 3.79. The number of nitrogens with zero attached hydrogens (tertiary/aromatic N) is 1. The Bertz CT molecular complexity index is 531. The van der Waals surface area contributed by atoms with Gasteiger partial charge in [-0.05, 0) is 32.0 Å². The summed E-state index contributed by atoms with van der Waals surface area (Å²) in [4.78, 5) is 25.1. The Hall–Kier alpha value is -1.75. The summed E-state index contributed by atoms with van der Waals surface area (Å²) < 4.78 is 4.89. The van der Waals surface area contributed by atoms with Crippen LogP contribution < -0.4 is 10.2 Å². The average molecular weight is 297 g/mol. The first-order valence-corrected chi connectivity index (χ1v) is 6.89. The molecule has 0 unspecified atom stereocenters. The number of cyclic esters (lactones) is 1. The predicted octanol–water partition coefficient (Wildman–Crippen LogP) is 2.85. The van der Waals surface area contributed by atoms with Crippen LogP contribution in [0.5, 0.6) is 0 Å². The number of anilines is 2. The van der Waals surface area contributed by atoms with Crippen molar-refractivity contribution in [2.75, 3.05) is 29.2 Å². The van der Waals surface area contributed by atoms with Crippen molar-refractivity contribution in [1.82, 2.24) is 0 Å². The second kappa shape index (κ2) is 5.71. The molecule has 108 valence electrons. The monoisotopic (exact) mass is 296 g/mol. The van der Waals surface area contributed by atoms with E-state index in [1.807, 2.05) is 0 Å². The molecule has 1 aromatic carbocycles. The minimum absolute atomic E-state index is 0.159. The molecule has 6 heteroatoms. The molecule has 1 aliphatic rings. The van der Waals surface area contributed by atoms with Crippen LogP contribution in [0, 0.1) is 5.41 Å². The van der Waals surface area contributed by atoms with E-state index in [4.69, 9.17) is 16.3 Å². The minimum atomic E-state index is -0.649. The molecule has 1 heterocycles. The molecule has 0 spiro atoms. The summed E-state index contributed by atoms with van der Waals surface area (Å²) in [5, 5.41) is 2.81. The second-order valence-corrected chi connectivity index (χ2v) is 5.56. The van der Waals surface area contributed by atoms with Crippen molar-refractivity contribution >= 4 is 35.0 Å². The molecular formula is C14H17ClN2O3. The quantitative estimate of drug-likeness (QED) is 0.869. The fourth-order valence-electron chi connectivity index (χ4n) is 1.74. The summed E-state index contributed by atoms with van der Waals surface area (Å²) in [5.74, 6) is 0.0745. The number of alkyl halides is 1. The summed E-state index contributed by atoms with van der Waals surface area (Å²) in [7, 11) is 0. The van der Waals surface area contributed by atoms with Gasteiger partial charge in [-0.2, -0.15) is 0 Å². The first kappa shape index (κ1) is 14.7. The predicted molar refractivity (Wildman–Crippen MR) is 78.3 cm³/mol. The van der Waals surface area contributed by atoms with Crippen molar-refractivity contribution in [3.8, 4) is 0 Å². The van der Waals surface area contributed by atoms with Crippen molar-refractivity contribution in [2.24, 2.45) is 5.41 Å². The van der Waals surface area contributed by atoms with Crippen LogP contribution in [0.4, 0.5) is 16.2 Å². The summed E-state index contributed by atoms with van der Waals surface area (Å²) in [5.41, 5.74) is 0.684. The van der Waals surface area contributed by atoms with Crippen molar-refractivity contribution in [1.29, 1.82) is 0 Å². The maximum absolute atomic E-state index is 12.1. The molecule has 0 bridgehead atoms. The lowest BCUT2D eigenvalue weighted by atomic mass is 9.95. The number of rotatable bonds is 4. The fourth-order valence-corrected chi connectivity index (χ4v) is 1.86. The molecular weight excluding hydrogens is 280 g/mol. The Balaban J connectivity index is 2.14. The number of hydrogen-bond donors (Lipinski definition) is 1. The third kappa shape index (κ3) is 3.04. The zero-order valence-electron chi connectivity index (χ0n) is 11.5. The van der Waals surface area contributed by atoms with E-state index < -0.39 is 5.41 Å². The molecule has 20 heavy (non-hydrogen) atoms. The van der Waals surface area contributed by atoms with Gasteiger partial charge >= 0.3 is 6.09 Å². The average Bonchev–Trinajstić information content (AvgIpc) is 2.85. The van der Waals surface area contributed by atoms with Gasteiger partial charge in [0.2, 0.25) is 5.91 Å². The Morgan fingerprint density at radius 3 is 2.85 bits per heavy atom. The number of halogens is 1. The van der Waals surface area contributed by atoms with Crippen LogP contribution in [-0.4, -0.2) is 31.0 Å². The molecule has 2 rings (SSSR count). The minimum Gasteiger partial charge on any atom is -0.447 e. The van der Waals surface area contributed by atoms with Gasteiger partial charge in [0.15, 0.2) is 0 Å². The van der Waals surface area contributed by atoms with Crippen LogP contribution in [0.3, 0.4) is 0 Å². The largest absolute Gasteiger partial charge is 0.447 e. The van der Waals surface area contributed by atoms with Gasteiger partial charge < -0.3 is 10.1 Å². The standard InChI is InChI=1S/C14H17ClN2O3/c1-14(2,9-15)12(18)16-10-4-3-5-11(8-10)17-6-7-20-13(17)19/h3-5,8H,6-7,9H2,1-2H3,(H,16,18). The molecule has 2 amide bonds. The second-order valence-electron chi connectivity index (χ2n) is 5.29. The van der Waals surface area contributed by atoms with Crippen LogP contribution in [-0.2, 0) is 9.53 Å². The van der Waals surface area contributed by atoms with Gasteiger partial charge in [-0.3, -0.25) is 9.69 Å². The van der Waals surface area contributed by atoms with Crippen molar-refractivity contribution < 1.29 is 14.3 Å². The van der Waals surface area contributed by atoms with E-state index in [-0.39, 0.29) is 17.9 Å². The van der Waals surface area contributed by atoms with Crippen LogP contribution >= 0.6 is 11.6 Å². The zero-order valence-corrected chi connectivity index (χ0v) is 12.2. The maximum atomic E-state index is 12.1. The summed E-state index contributed by atoms with van der Waals surface area (Å²) in [6.07, 6.45) is -0.366. The van der Waals surface area contributed by atoms with Gasteiger partial charge in [-0.1, -0.05) is 6.07 Å². The van der Waals surface area contributed by atoms with Gasteiger partial charge in [-0.15, -0.1) is 11.6 Å². The number of nitrogens with one attached hydrogen (secondary N) is 1. The smallest absolute Gasteiger partial charge is 0.414 e. The first-order chi connectivity index (χ1) is 9.44. The highest BCUT2D eigenvalue weighted by Crippen LogP contribution is 2.25. The van der Waals surface area contributed by atoms with Gasteiger partial charge in [0.25, 0.3) is 0 Å². The summed E-state index contributed by atoms with van der Waals surface area (Å²) >= 11 is 5.78. The number of ether oxygens (including phenoxy) is 1. The first-order valence-electron chi connectivity index (χ1n) is 6.36. The molecule has 5 nitrogen and oxygen atoms in total. The molecule has 0 aliphatic carbocycles. The Morgan fingerprint density at radius 2 is 2.25 bits per heavy atom. The number of carbonyl (C=O) groups is 2. The van der Waals surface area contributed by atoms with E-state index in [0.717, 1.165) is 0 Å². The highest BCUT2D eigenvalue weighted by Gasteiger charge is 2.27. The molecule has 0 aromatic heterocycles. The number of amides is 2. The lowest BCUT2D eigenvalue weighted by molar-refractivity contribution is -0.122. The zero-order chi connectivity index (χ0) is 14.8. The highest BCUT2D eigenvalue weighted by molar-refractivity contribution is 6.20. The van der Waals surface area contributed by atoms with Crippen LogP contribution in [0.25, 0.3) is 0 Å². The summed E-state index contributed by atoms with van der Waals surface area (Å²) in [6, 6.07) is 7.10. The molecule has 1 fully saturated rings. The fraction of sp³-hybridized carbons (Fsp3) is 0.429. The van der Waals surface area contributed by atoms with Gasteiger partial charge in [0.05, 0.1) is 12.0 Å². The van der Waals surface area contributed by atoms with E-state index >= 15 is 0 Å². The molecule has 1 N–H and O–H groups in total. The SMILES string of the molecule is CC(C)(CCl)C(=O)Nc1cccc(N2CCOC2=O)c1. The van der Waals surface area contributed by atoms with E-state index in [1.165, 1.54) is 4.90 Å². The lowest BCUT2D eigenvalue weighted by Crippen LogP contribution is -2.32. The molecule has 0 saturated carbocycles. The Morgan fingerprint density at radius 1 is 1.50 bits per heavy atom. The molecule has 0 atom stereocenters. The normalized spacial score (nSPS) is 15.2. The summed E-state index contributed by atoms with van der Waals surface area (Å²) in [6.45, 7) is 4.45. The van der Waals surface area contributed by atoms with E-state index in [0.29, 0.717) is 24.5 Å². The molecule has 1 aliphatic heterocycles. The van der Waals surface area contributed by atoms with Crippen molar-refractivity contribution in [3.63, 3.8) is 0 Å². The Labute approximate surface area is 122 Å². The van der Waals surface area contributed by atoms with Crippen LogP contribution in [0.1, 0.15) is 13.8 Å². The number of hydrogen-bond acceptors (Lipinski definition) is 3. The van der Waals surface area contributed by atoms with Crippen LogP contribution in [0.2, 0.25) is 0 Å². The lowest BCUT2D eigenvalue weighted by Gasteiger charge is -2.21. The van der Waals surface area contributed by atoms with Gasteiger partial charge in [0.1, 0.15) is 6.61 Å². The third-order valence-electron chi connectivity index (χ3n) is 3.13. The molecule has 0 radical (unpaired) electrons. The topological polar surface area (TPSA) is 58.6 Å². The highest BCUT2D eigenvalue weighted by atomic mass is 35.5.